The van der Waals surface area contributed by atoms with Gasteiger partial charge in [-0.25, -0.2) is 0 Å². The van der Waals surface area contributed by atoms with E-state index >= 15 is 0 Å². The van der Waals surface area contributed by atoms with Crippen molar-refractivity contribution < 1.29 is 0 Å². The number of piperidine rings is 1. The summed E-state index contributed by atoms with van der Waals surface area (Å²) in [6, 6.07) is 1.34. The third-order valence-electron chi connectivity index (χ3n) is 4.53. The van der Waals surface area contributed by atoms with Crippen molar-refractivity contribution in [1.29, 1.82) is 0 Å². The van der Waals surface area contributed by atoms with E-state index in [-0.39, 0.29) is 0 Å². The Labute approximate surface area is 109 Å². The van der Waals surface area contributed by atoms with Crippen LogP contribution in [0, 0.1) is 5.92 Å². The van der Waals surface area contributed by atoms with Gasteiger partial charge in [-0.15, -0.1) is 0 Å². The lowest BCUT2D eigenvalue weighted by Gasteiger charge is -2.40. The molecule has 0 radical (unpaired) electrons. The first kappa shape index (κ1) is 12.0. The van der Waals surface area contributed by atoms with Crippen molar-refractivity contribution in [3.05, 3.63) is 12.4 Å². The van der Waals surface area contributed by atoms with Crippen LogP contribution in [0.3, 0.4) is 0 Å². The molecule has 0 bridgehead atoms. The molecule has 100 valence electrons. The lowest BCUT2D eigenvalue weighted by atomic mass is 9.77. The molecule has 18 heavy (non-hydrogen) atoms. The van der Waals surface area contributed by atoms with Crippen molar-refractivity contribution >= 4 is 5.69 Å². The largest absolute Gasteiger partial charge is 0.379 e. The second-order valence-corrected chi connectivity index (χ2v) is 5.74. The summed E-state index contributed by atoms with van der Waals surface area (Å²) in [7, 11) is 0. The van der Waals surface area contributed by atoms with Crippen LogP contribution < -0.4 is 10.6 Å². The van der Waals surface area contributed by atoms with Gasteiger partial charge < -0.3 is 10.6 Å². The minimum absolute atomic E-state index is 0.618. The zero-order valence-corrected chi connectivity index (χ0v) is 11.0. The van der Waals surface area contributed by atoms with Crippen molar-refractivity contribution in [1.82, 2.24) is 15.5 Å². The molecule has 2 fully saturated rings. The van der Waals surface area contributed by atoms with Crippen LogP contribution >= 0.6 is 0 Å². The summed E-state index contributed by atoms with van der Waals surface area (Å²) >= 11 is 0. The topological polar surface area (TPSA) is 52.7 Å². The summed E-state index contributed by atoms with van der Waals surface area (Å²) in [5.41, 5.74) is 1.14. The lowest BCUT2D eigenvalue weighted by Crippen LogP contribution is -2.48. The normalized spacial score (nSPS) is 33.2. The summed E-state index contributed by atoms with van der Waals surface area (Å²) in [6.45, 7) is 1.21. The summed E-state index contributed by atoms with van der Waals surface area (Å²) < 4.78 is 0. The zero-order valence-electron chi connectivity index (χ0n) is 11.0. The number of H-pyrrole nitrogens is 1. The van der Waals surface area contributed by atoms with Crippen LogP contribution in [-0.4, -0.2) is 28.8 Å². The summed E-state index contributed by atoms with van der Waals surface area (Å²) in [4.78, 5) is 0. The highest BCUT2D eigenvalue weighted by atomic mass is 15.1. The predicted molar refractivity (Wildman–Crippen MR) is 73.6 cm³/mol. The molecular formula is C14H24N4. The van der Waals surface area contributed by atoms with Crippen molar-refractivity contribution in [2.75, 3.05) is 11.9 Å². The molecule has 2 heterocycles. The SMILES string of the molecule is c1n[nH]cc1NC1CCCCC1C1CCCCN1. The van der Waals surface area contributed by atoms with E-state index in [0.29, 0.717) is 6.04 Å². The predicted octanol–water partition coefficient (Wildman–Crippen LogP) is 2.52. The zero-order chi connectivity index (χ0) is 12.2. The molecule has 4 nitrogen and oxygen atoms in total. The molecule has 1 saturated carbocycles. The van der Waals surface area contributed by atoms with Gasteiger partial charge in [0, 0.05) is 18.3 Å². The van der Waals surface area contributed by atoms with Gasteiger partial charge in [-0.1, -0.05) is 19.3 Å². The summed E-state index contributed by atoms with van der Waals surface area (Å²) in [6.07, 6.45) is 13.4. The molecule has 2 aliphatic rings. The average molecular weight is 248 g/mol. The van der Waals surface area contributed by atoms with Gasteiger partial charge in [0.1, 0.15) is 0 Å². The maximum absolute atomic E-state index is 4.02. The van der Waals surface area contributed by atoms with Gasteiger partial charge in [-0.2, -0.15) is 5.10 Å². The molecule has 1 saturated heterocycles. The molecule has 0 spiro atoms. The number of aromatic nitrogens is 2. The lowest BCUT2D eigenvalue weighted by molar-refractivity contribution is 0.217. The third-order valence-corrected chi connectivity index (χ3v) is 4.53. The second-order valence-electron chi connectivity index (χ2n) is 5.74. The van der Waals surface area contributed by atoms with Crippen LogP contribution in [0.25, 0.3) is 0 Å². The maximum atomic E-state index is 4.02. The first-order chi connectivity index (χ1) is 8.93. The number of nitrogens with zero attached hydrogens (tertiary/aromatic N) is 1. The monoisotopic (exact) mass is 248 g/mol. The fourth-order valence-corrected chi connectivity index (χ4v) is 3.61. The maximum Gasteiger partial charge on any atom is 0.0726 e. The number of rotatable bonds is 3. The van der Waals surface area contributed by atoms with Gasteiger partial charge >= 0.3 is 0 Å². The van der Waals surface area contributed by atoms with Gasteiger partial charge in [0.2, 0.25) is 0 Å². The Kier molecular flexibility index (Phi) is 3.84. The van der Waals surface area contributed by atoms with Crippen LogP contribution in [0.15, 0.2) is 12.4 Å². The number of anilines is 1. The van der Waals surface area contributed by atoms with E-state index < -0.39 is 0 Å². The van der Waals surface area contributed by atoms with E-state index in [1.54, 1.807) is 0 Å². The molecule has 1 aromatic heterocycles. The second kappa shape index (κ2) is 5.74. The average Bonchev–Trinajstić information content (AvgIpc) is 2.93. The Morgan fingerprint density at radius 2 is 2.00 bits per heavy atom. The van der Waals surface area contributed by atoms with E-state index in [1.165, 1.54) is 51.5 Å². The molecule has 1 aliphatic heterocycles. The molecule has 3 N–H and O–H groups in total. The van der Waals surface area contributed by atoms with Crippen LogP contribution in [0.5, 0.6) is 0 Å². The molecule has 1 aliphatic carbocycles. The Morgan fingerprint density at radius 1 is 1.11 bits per heavy atom. The molecule has 3 atom stereocenters. The van der Waals surface area contributed by atoms with Crippen LogP contribution in [0.1, 0.15) is 44.9 Å². The summed E-state index contributed by atoms with van der Waals surface area (Å²) in [5.74, 6) is 0.786. The quantitative estimate of drug-likeness (QED) is 0.770. The van der Waals surface area contributed by atoms with Gasteiger partial charge in [0.25, 0.3) is 0 Å². The highest BCUT2D eigenvalue weighted by Crippen LogP contribution is 2.32. The van der Waals surface area contributed by atoms with Crippen LogP contribution in [0.4, 0.5) is 5.69 Å². The van der Waals surface area contributed by atoms with E-state index in [0.717, 1.165) is 17.6 Å². The number of nitrogens with one attached hydrogen (secondary N) is 3. The van der Waals surface area contributed by atoms with Crippen molar-refractivity contribution in [3.8, 4) is 0 Å². The standard InChI is InChI=1S/C14H24N4/c1-2-7-14(18-11-9-16-17-10-11)12(5-1)13-6-3-4-8-15-13/h9-10,12-15,18H,1-8H2,(H,16,17). The van der Waals surface area contributed by atoms with Gasteiger partial charge in [0.15, 0.2) is 0 Å². The number of hydrogen-bond acceptors (Lipinski definition) is 3. The van der Waals surface area contributed by atoms with Crippen LogP contribution in [-0.2, 0) is 0 Å². The smallest absolute Gasteiger partial charge is 0.0726 e. The Balaban J connectivity index is 1.65. The van der Waals surface area contributed by atoms with Crippen molar-refractivity contribution in [3.63, 3.8) is 0 Å². The molecule has 0 amide bonds. The Morgan fingerprint density at radius 3 is 2.78 bits per heavy atom. The third kappa shape index (κ3) is 2.69. The highest BCUT2D eigenvalue weighted by Gasteiger charge is 2.32. The van der Waals surface area contributed by atoms with Gasteiger partial charge in [-0.05, 0) is 38.1 Å². The van der Waals surface area contributed by atoms with Gasteiger partial charge in [0.05, 0.1) is 11.9 Å². The Bertz CT molecular complexity index is 343. The number of hydrogen-bond donors (Lipinski definition) is 3. The van der Waals surface area contributed by atoms with E-state index in [1.807, 2.05) is 12.4 Å². The molecule has 0 aromatic carbocycles. The van der Waals surface area contributed by atoms with Crippen LogP contribution in [0.2, 0.25) is 0 Å². The van der Waals surface area contributed by atoms with E-state index in [4.69, 9.17) is 0 Å². The van der Waals surface area contributed by atoms with Crippen molar-refractivity contribution in [2.45, 2.75) is 57.0 Å². The summed E-state index contributed by atoms with van der Waals surface area (Å²) in [5, 5.41) is 14.3. The van der Waals surface area contributed by atoms with Gasteiger partial charge in [-0.3, -0.25) is 5.10 Å². The fourth-order valence-electron chi connectivity index (χ4n) is 3.61. The van der Waals surface area contributed by atoms with E-state index in [2.05, 4.69) is 20.8 Å². The first-order valence-electron chi connectivity index (χ1n) is 7.42. The van der Waals surface area contributed by atoms with Crippen molar-refractivity contribution in [2.24, 2.45) is 5.92 Å². The fraction of sp³-hybridized carbons (Fsp3) is 0.786. The number of aromatic amines is 1. The van der Waals surface area contributed by atoms with E-state index in [9.17, 15) is 0 Å². The first-order valence-corrected chi connectivity index (χ1v) is 7.42. The molecular weight excluding hydrogens is 224 g/mol. The minimum atomic E-state index is 0.618. The molecule has 3 unspecified atom stereocenters. The molecule has 1 aromatic rings. The molecule has 4 heteroatoms. The molecule has 3 rings (SSSR count). The highest BCUT2D eigenvalue weighted by molar-refractivity contribution is 5.39. The Hall–Kier alpha value is -1.03. The minimum Gasteiger partial charge on any atom is -0.379 e.